The van der Waals surface area contributed by atoms with Gasteiger partial charge in [-0.3, -0.25) is 9.59 Å². The van der Waals surface area contributed by atoms with Crippen LogP contribution in [0.3, 0.4) is 0 Å². The highest BCUT2D eigenvalue weighted by atomic mass is 79.9. The van der Waals surface area contributed by atoms with E-state index in [4.69, 9.17) is 4.74 Å². The van der Waals surface area contributed by atoms with E-state index in [2.05, 4.69) is 15.9 Å². The predicted octanol–water partition coefficient (Wildman–Crippen LogP) is 2.15. The summed E-state index contributed by atoms with van der Waals surface area (Å²) in [6.07, 6.45) is 0.796. The van der Waals surface area contributed by atoms with Gasteiger partial charge in [-0.1, -0.05) is 15.9 Å². The lowest BCUT2D eigenvalue weighted by atomic mass is 10.1. The van der Waals surface area contributed by atoms with E-state index in [1.807, 2.05) is 6.07 Å². The van der Waals surface area contributed by atoms with Crippen LogP contribution < -0.4 is 4.74 Å². The Morgan fingerprint density at radius 1 is 1.14 bits per heavy atom. The second kappa shape index (κ2) is 6.93. The van der Waals surface area contributed by atoms with Gasteiger partial charge in [0.2, 0.25) is 5.91 Å². The van der Waals surface area contributed by atoms with Crippen molar-refractivity contribution in [1.29, 1.82) is 0 Å². The lowest BCUT2D eigenvalue weighted by Crippen LogP contribution is -2.36. The van der Waals surface area contributed by atoms with Crippen molar-refractivity contribution in [2.24, 2.45) is 0 Å². The highest BCUT2D eigenvalue weighted by Crippen LogP contribution is 2.25. The Balaban J connectivity index is 2.15. The highest BCUT2D eigenvalue weighted by molar-refractivity contribution is 9.10. The van der Waals surface area contributed by atoms with Crippen LogP contribution in [-0.2, 0) is 4.79 Å². The second-order valence-electron chi connectivity index (χ2n) is 5.00. The molecular weight excluding hydrogens is 336 g/mol. The third-order valence-corrected chi connectivity index (χ3v) is 4.12. The number of hydrogen-bond donors (Lipinski definition) is 0. The van der Waals surface area contributed by atoms with Crippen molar-refractivity contribution in [1.82, 2.24) is 9.80 Å². The quantitative estimate of drug-likeness (QED) is 0.817. The van der Waals surface area contributed by atoms with E-state index in [0.29, 0.717) is 37.5 Å². The molecule has 0 spiro atoms. The van der Waals surface area contributed by atoms with E-state index in [1.54, 1.807) is 36.0 Å². The van der Waals surface area contributed by atoms with Crippen molar-refractivity contribution in [2.45, 2.75) is 13.3 Å². The number of halogens is 1. The fourth-order valence-corrected chi connectivity index (χ4v) is 2.79. The van der Waals surface area contributed by atoms with Crippen molar-refractivity contribution in [3.63, 3.8) is 0 Å². The third kappa shape index (κ3) is 3.75. The maximum atomic E-state index is 12.6. The Bertz CT molecular complexity index is 548. The number of ether oxygens (including phenoxy) is 1. The molecule has 5 nitrogen and oxygen atoms in total. The Labute approximate surface area is 133 Å². The maximum Gasteiger partial charge on any atom is 0.257 e. The molecule has 0 aromatic heterocycles. The molecule has 6 heteroatoms. The number of amides is 2. The van der Waals surface area contributed by atoms with Gasteiger partial charge in [-0.2, -0.15) is 0 Å². The van der Waals surface area contributed by atoms with Crippen molar-refractivity contribution in [2.75, 3.05) is 33.3 Å². The average molecular weight is 355 g/mol. The molecule has 1 saturated heterocycles. The van der Waals surface area contributed by atoms with Crippen LogP contribution in [0.5, 0.6) is 5.75 Å². The number of carbonyl (C=O) groups excluding carboxylic acids is 2. The van der Waals surface area contributed by atoms with Gasteiger partial charge in [0.05, 0.1) is 12.7 Å². The van der Waals surface area contributed by atoms with Gasteiger partial charge in [0, 0.05) is 37.6 Å². The Kier molecular flexibility index (Phi) is 5.22. The normalized spacial score (nSPS) is 15.6. The molecule has 1 fully saturated rings. The Hall–Kier alpha value is -1.56. The van der Waals surface area contributed by atoms with Gasteiger partial charge in [-0.05, 0) is 24.6 Å². The van der Waals surface area contributed by atoms with Crippen LogP contribution in [0, 0.1) is 0 Å². The first kappa shape index (κ1) is 15.8. The van der Waals surface area contributed by atoms with Gasteiger partial charge < -0.3 is 14.5 Å². The lowest BCUT2D eigenvalue weighted by molar-refractivity contribution is -0.128. The molecule has 114 valence electrons. The molecule has 0 atom stereocenters. The molecule has 1 aromatic rings. The molecule has 21 heavy (non-hydrogen) atoms. The van der Waals surface area contributed by atoms with Crippen molar-refractivity contribution >= 4 is 27.7 Å². The maximum absolute atomic E-state index is 12.6. The molecule has 0 saturated carbocycles. The minimum atomic E-state index is -0.0512. The molecule has 1 aromatic carbocycles. The van der Waals surface area contributed by atoms with Gasteiger partial charge in [-0.25, -0.2) is 0 Å². The molecule has 0 bridgehead atoms. The first-order valence-electron chi connectivity index (χ1n) is 6.91. The van der Waals surface area contributed by atoms with Gasteiger partial charge in [0.15, 0.2) is 0 Å². The van der Waals surface area contributed by atoms with Crippen molar-refractivity contribution in [3.05, 3.63) is 28.2 Å². The minimum absolute atomic E-state index is 0.0512. The summed E-state index contributed by atoms with van der Waals surface area (Å²) in [4.78, 5) is 27.7. The lowest BCUT2D eigenvalue weighted by Gasteiger charge is -2.22. The summed E-state index contributed by atoms with van der Waals surface area (Å²) in [5.74, 6) is 0.567. The average Bonchev–Trinajstić information content (AvgIpc) is 2.72. The summed E-state index contributed by atoms with van der Waals surface area (Å²) >= 11 is 3.37. The largest absolute Gasteiger partial charge is 0.496 e. The molecule has 2 amide bonds. The molecule has 1 heterocycles. The Morgan fingerprint density at radius 3 is 2.48 bits per heavy atom. The fraction of sp³-hybridized carbons (Fsp3) is 0.467. The molecule has 2 rings (SSSR count). The number of nitrogens with zero attached hydrogens (tertiary/aromatic N) is 2. The number of methoxy groups -OCH3 is 1. The van der Waals surface area contributed by atoms with Crippen LogP contribution in [0.25, 0.3) is 0 Å². The minimum Gasteiger partial charge on any atom is -0.496 e. The highest BCUT2D eigenvalue weighted by Gasteiger charge is 2.23. The smallest absolute Gasteiger partial charge is 0.257 e. The molecule has 1 aliphatic heterocycles. The monoisotopic (exact) mass is 354 g/mol. The second-order valence-corrected chi connectivity index (χ2v) is 5.91. The van der Waals surface area contributed by atoms with Crippen LogP contribution >= 0.6 is 15.9 Å². The zero-order valence-corrected chi connectivity index (χ0v) is 13.9. The first-order valence-corrected chi connectivity index (χ1v) is 7.70. The number of carbonyl (C=O) groups is 2. The number of rotatable bonds is 2. The Morgan fingerprint density at radius 2 is 1.81 bits per heavy atom. The molecule has 1 aliphatic rings. The van der Waals surface area contributed by atoms with E-state index >= 15 is 0 Å². The van der Waals surface area contributed by atoms with Crippen molar-refractivity contribution in [3.8, 4) is 5.75 Å². The summed E-state index contributed by atoms with van der Waals surface area (Å²) in [6.45, 7) is 4.06. The van der Waals surface area contributed by atoms with Crippen LogP contribution in [-0.4, -0.2) is 54.9 Å². The number of benzene rings is 1. The van der Waals surface area contributed by atoms with E-state index in [9.17, 15) is 9.59 Å². The topological polar surface area (TPSA) is 49.9 Å². The summed E-state index contributed by atoms with van der Waals surface area (Å²) in [5, 5.41) is 0. The van der Waals surface area contributed by atoms with Crippen LogP contribution in [0.15, 0.2) is 22.7 Å². The van der Waals surface area contributed by atoms with Gasteiger partial charge >= 0.3 is 0 Å². The summed E-state index contributed by atoms with van der Waals surface area (Å²) < 4.78 is 6.16. The predicted molar refractivity (Wildman–Crippen MR) is 83.5 cm³/mol. The van der Waals surface area contributed by atoms with Gasteiger partial charge in [0.1, 0.15) is 5.75 Å². The summed E-state index contributed by atoms with van der Waals surface area (Å²) in [6, 6.07) is 5.38. The number of hydrogen-bond acceptors (Lipinski definition) is 3. The van der Waals surface area contributed by atoms with Gasteiger partial charge in [-0.15, -0.1) is 0 Å². The van der Waals surface area contributed by atoms with E-state index in [1.165, 1.54) is 0 Å². The van der Waals surface area contributed by atoms with E-state index in [-0.39, 0.29) is 11.8 Å². The van der Waals surface area contributed by atoms with Crippen LogP contribution in [0.2, 0.25) is 0 Å². The van der Waals surface area contributed by atoms with Crippen LogP contribution in [0.1, 0.15) is 23.7 Å². The molecule has 0 radical (unpaired) electrons. The zero-order valence-electron chi connectivity index (χ0n) is 12.3. The summed E-state index contributed by atoms with van der Waals surface area (Å²) in [5.41, 5.74) is 0.553. The molecule has 0 N–H and O–H groups in total. The van der Waals surface area contributed by atoms with E-state index < -0.39 is 0 Å². The zero-order chi connectivity index (χ0) is 15.4. The molecule has 0 unspecified atom stereocenters. The first-order chi connectivity index (χ1) is 10.0. The van der Waals surface area contributed by atoms with Gasteiger partial charge in [0.25, 0.3) is 5.91 Å². The van der Waals surface area contributed by atoms with E-state index in [0.717, 1.165) is 10.9 Å². The standard InChI is InChI=1S/C15H19BrN2O3/c1-11(19)17-6-3-7-18(9-8-17)15(20)13-5-4-12(16)10-14(13)21-2/h4-5,10H,3,6-9H2,1-2H3. The summed E-state index contributed by atoms with van der Waals surface area (Å²) in [7, 11) is 1.55. The third-order valence-electron chi connectivity index (χ3n) is 3.62. The fourth-order valence-electron chi connectivity index (χ4n) is 2.45. The van der Waals surface area contributed by atoms with Crippen LogP contribution in [0.4, 0.5) is 0 Å². The SMILES string of the molecule is COc1cc(Br)ccc1C(=O)N1CCCN(C(C)=O)CC1. The molecular formula is C15H19BrN2O3. The molecule has 0 aliphatic carbocycles. The van der Waals surface area contributed by atoms with Crippen molar-refractivity contribution < 1.29 is 14.3 Å².